The topological polar surface area (TPSA) is 17.1 Å². The van der Waals surface area contributed by atoms with Crippen LogP contribution in [0, 0.1) is 11.3 Å². The van der Waals surface area contributed by atoms with Gasteiger partial charge in [0.25, 0.3) is 0 Å². The molecule has 0 saturated heterocycles. The lowest BCUT2D eigenvalue weighted by Gasteiger charge is -2.26. The summed E-state index contributed by atoms with van der Waals surface area (Å²) in [6.07, 6.45) is 0. The van der Waals surface area contributed by atoms with Crippen molar-refractivity contribution in [1.29, 1.82) is 0 Å². The van der Waals surface area contributed by atoms with Crippen molar-refractivity contribution in [3.05, 3.63) is 35.4 Å². The summed E-state index contributed by atoms with van der Waals surface area (Å²) in [6.45, 7) is 14.9. The highest BCUT2D eigenvalue weighted by Gasteiger charge is 2.27. The van der Waals surface area contributed by atoms with E-state index >= 15 is 0 Å². The van der Waals surface area contributed by atoms with Crippen LogP contribution in [0.4, 0.5) is 0 Å². The lowest BCUT2D eigenvalue weighted by atomic mass is 9.77. The quantitative estimate of drug-likeness (QED) is 0.682. The lowest BCUT2D eigenvalue weighted by Crippen LogP contribution is -2.26. The van der Waals surface area contributed by atoms with Crippen molar-refractivity contribution < 1.29 is 4.79 Å². The van der Waals surface area contributed by atoms with Crippen LogP contribution in [0.1, 0.15) is 64.4 Å². The average molecular weight is 246 g/mol. The molecule has 100 valence electrons. The standard InChI is InChI=1S/C17H26O/c1-12(16(2,3)4)15(18)13-8-10-14(11-9-13)17(5,6)7/h8-12H,1-7H3. The summed E-state index contributed by atoms with van der Waals surface area (Å²) < 4.78 is 0. The number of hydrogen-bond donors (Lipinski definition) is 0. The normalized spacial score (nSPS) is 14.4. The molecule has 0 aliphatic heterocycles. The Morgan fingerprint density at radius 2 is 1.39 bits per heavy atom. The van der Waals surface area contributed by atoms with Gasteiger partial charge in [-0.05, 0) is 16.4 Å². The smallest absolute Gasteiger partial charge is 0.166 e. The number of carbonyl (C=O) groups is 1. The predicted octanol–water partition coefficient (Wildman–Crippen LogP) is 4.85. The number of ketones is 1. The Hall–Kier alpha value is -1.11. The van der Waals surface area contributed by atoms with Crippen molar-refractivity contribution in [1.82, 2.24) is 0 Å². The zero-order chi connectivity index (χ0) is 14.1. The van der Waals surface area contributed by atoms with Crippen LogP contribution in [0.2, 0.25) is 0 Å². The van der Waals surface area contributed by atoms with Gasteiger partial charge in [0.1, 0.15) is 0 Å². The average Bonchev–Trinajstić information content (AvgIpc) is 2.25. The Morgan fingerprint density at radius 1 is 0.944 bits per heavy atom. The second kappa shape index (κ2) is 4.87. The zero-order valence-electron chi connectivity index (χ0n) is 12.8. The highest BCUT2D eigenvalue weighted by molar-refractivity contribution is 5.98. The van der Waals surface area contributed by atoms with E-state index in [2.05, 4.69) is 53.7 Å². The number of hydrogen-bond acceptors (Lipinski definition) is 1. The second-order valence-electron chi connectivity index (χ2n) is 7.28. The molecule has 0 heterocycles. The lowest BCUT2D eigenvalue weighted by molar-refractivity contribution is 0.0839. The molecule has 0 saturated carbocycles. The first-order chi connectivity index (χ1) is 8.03. The second-order valence-corrected chi connectivity index (χ2v) is 7.28. The van der Waals surface area contributed by atoms with Crippen molar-refractivity contribution >= 4 is 5.78 Å². The highest BCUT2D eigenvalue weighted by Crippen LogP contribution is 2.29. The van der Waals surface area contributed by atoms with Crippen LogP contribution in [-0.4, -0.2) is 5.78 Å². The largest absolute Gasteiger partial charge is 0.294 e. The Bertz CT molecular complexity index is 412. The van der Waals surface area contributed by atoms with E-state index in [0.717, 1.165) is 5.56 Å². The van der Waals surface area contributed by atoms with Gasteiger partial charge in [-0.15, -0.1) is 0 Å². The summed E-state index contributed by atoms with van der Waals surface area (Å²) in [6, 6.07) is 8.07. The molecular weight excluding hydrogens is 220 g/mol. The highest BCUT2D eigenvalue weighted by atomic mass is 16.1. The Balaban J connectivity index is 2.96. The molecular formula is C17H26O. The molecule has 0 radical (unpaired) electrons. The van der Waals surface area contributed by atoms with E-state index in [4.69, 9.17) is 0 Å². The van der Waals surface area contributed by atoms with Crippen LogP contribution in [0.5, 0.6) is 0 Å². The molecule has 1 rings (SSSR count). The molecule has 0 N–H and O–H groups in total. The number of rotatable bonds is 2. The minimum absolute atomic E-state index is 0.0137. The predicted molar refractivity (Wildman–Crippen MR) is 78.1 cm³/mol. The molecule has 1 heteroatoms. The van der Waals surface area contributed by atoms with Gasteiger partial charge in [-0.3, -0.25) is 4.79 Å². The zero-order valence-corrected chi connectivity index (χ0v) is 12.8. The molecule has 1 aromatic rings. The van der Waals surface area contributed by atoms with E-state index in [0.29, 0.717) is 0 Å². The molecule has 18 heavy (non-hydrogen) atoms. The summed E-state index contributed by atoms with van der Waals surface area (Å²) in [5.41, 5.74) is 2.24. The van der Waals surface area contributed by atoms with Crippen LogP contribution in [-0.2, 0) is 5.41 Å². The molecule has 1 aromatic carbocycles. The SMILES string of the molecule is CC(C(=O)c1ccc(C(C)(C)C)cc1)C(C)(C)C. The van der Waals surface area contributed by atoms with Gasteiger partial charge < -0.3 is 0 Å². The third kappa shape index (κ3) is 3.44. The summed E-state index contributed by atoms with van der Waals surface area (Å²) in [5, 5.41) is 0. The first-order valence-electron chi connectivity index (χ1n) is 6.68. The molecule has 0 aliphatic carbocycles. The molecule has 0 bridgehead atoms. The summed E-state index contributed by atoms with van der Waals surface area (Å²) in [7, 11) is 0. The van der Waals surface area contributed by atoms with E-state index < -0.39 is 0 Å². The van der Waals surface area contributed by atoms with Crippen molar-refractivity contribution in [2.45, 2.75) is 53.9 Å². The fourth-order valence-electron chi connectivity index (χ4n) is 1.78. The maximum absolute atomic E-state index is 12.4. The fraction of sp³-hybridized carbons (Fsp3) is 0.588. The third-order valence-electron chi connectivity index (χ3n) is 3.73. The van der Waals surface area contributed by atoms with E-state index in [-0.39, 0.29) is 22.5 Å². The summed E-state index contributed by atoms with van der Waals surface area (Å²) in [5.74, 6) is 0.279. The van der Waals surface area contributed by atoms with Gasteiger partial charge in [-0.25, -0.2) is 0 Å². The van der Waals surface area contributed by atoms with Gasteiger partial charge in [-0.1, -0.05) is 72.7 Å². The molecule has 0 aromatic heterocycles. The number of Topliss-reactive ketones (excluding diaryl/α,β-unsaturated/α-hetero) is 1. The fourth-order valence-corrected chi connectivity index (χ4v) is 1.78. The van der Waals surface area contributed by atoms with Gasteiger partial charge in [-0.2, -0.15) is 0 Å². The van der Waals surface area contributed by atoms with E-state index in [9.17, 15) is 4.79 Å². The molecule has 0 fully saturated rings. The first-order valence-corrected chi connectivity index (χ1v) is 6.68. The Morgan fingerprint density at radius 3 is 1.72 bits per heavy atom. The van der Waals surface area contributed by atoms with E-state index in [1.54, 1.807) is 0 Å². The van der Waals surface area contributed by atoms with Gasteiger partial charge in [0.2, 0.25) is 0 Å². The monoisotopic (exact) mass is 246 g/mol. The van der Waals surface area contributed by atoms with Crippen LogP contribution in [0.25, 0.3) is 0 Å². The number of benzene rings is 1. The molecule has 0 spiro atoms. The van der Waals surface area contributed by atoms with E-state index in [1.807, 2.05) is 19.1 Å². The Labute approximate surface area is 112 Å². The minimum Gasteiger partial charge on any atom is -0.294 e. The first kappa shape index (κ1) is 14.9. The van der Waals surface area contributed by atoms with Crippen molar-refractivity contribution in [2.75, 3.05) is 0 Å². The van der Waals surface area contributed by atoms with E-state index in [1.165, 1.54) is 5.56 Å². The van der Waals surface area contributed by atoms with Gasteiger partial charge in [0.05, 0.1) is 0 Å². The van der Waals surface area contributed by atoms with Crippen molar-refractivity contribution in [3.8, 4) is 0 Å². The molecule has 0 amide bonds. The van der Waals surface area contributed by atoms with Crippen LogP contribution in [0.3, 0.4) is 0 Å². The molecule has 0 aliphatic rings. The maximum atomic E-state index is 12.4. The van der Waals surface area contributed by atoms with Gasteiger partial charge >= 0.3 is 0 Å². The van der Waals surface area contributed by atoms with Crippen molar-refractivity contribution in [3.63, 3.8) is 0 Å². The number of carbonyl (C=O) groups excluding carboxylic acids is 1. The maximum Gasteiger partial charge on any atom is 0.166 e. The van der Waals surface area contributed by atoms with Gasteiger partial charge in [0.15, 0.2) is 5.78 Å². The van der Waals surface area contributed by atoms with Crippen LogP contribution < -0.4 is 0 Å². The van der Waals surface area contributed by atoms with Crippen molar-refractivity contribution in [2.24, 2.45) is 11.3 Å². The van der Waals surface area contributed by atoms with Gasteiger partial charge in [0, 0.05) is 11.5 Å². The van der Waals surface area contributed by atoms with Crippen LogP contribution >= 0.6 is 0 Å². The molecule has 1 atom stereocenters. The Kier molecular flexibility index (Phi) is 4.05. The molecule has 1 nitrogen and oxygen atoms in total. The summed E-state index contributed by atoms with van der Waals surface area (Å²) >= 11 is 0. The third-order valence-corrected chi connectivity index (χ3v) is 3.73. The molecule has 1 unspecified atom stereocenters. The van der Waals surface area contributed by atoms with Crippen LogP contribution in [0.15, 0.2) is 24.3 Å². The minimum atomic E-state index is 0.0137. The summed E-state index contributed by atoms with van der Waals surface area (Å²) in [4.78, 5) is 12.4.